The molecule has 3 heterocycles. The maximum Gasteiger partial charge on any atom is 0.224 e. The zero-order valence-electron chi connectivity index (χ0n) is 14.1. The topological polar surface area (TPSA) is 76.8 Å². The molecule has 1 aliphatic rings. The first-order valence-corrected chi connectivity index (χ1v) is 9.38. The van der Waals surface area contributed by atoms with Crippen LogP contribution in [0.3, 0.4) is 0 Å². The van der Waals surface area contributed by atoms with E-state index in [0.29, 0.717) is 18.9 Å². The fraction of sp³-hybridized carbons (Fsp3) is 0.471. The predicted octanol–water partition coefficient (Wildman–Crippen LogP) is 2.39. The number of carbonyl (C=O) groups is 1. The number of fused-ring (bicyclic) bond motifs is 1. The number of rotatable bonds is 4. The van der Waals surface area contributed by atoms with Gasteiger partial charge in [0.05, 0.1) is 21.8 Å². The smallest absolute Gasteiger partial charge is 0.224 e. The van der Waals surface area contributed by atoms with Gasteiger partial charge in [0.1, 0.15) is 5.82 Å². The number of carbonyl (C=O) groups excluding carboxylic acids is 1. The lowest BCUT2D eigenvalue weighted by molar-refractivity contribution is -0.132. The number of para-hydroxylation sites is 1. The second-order valence-electron chi connectivity index (χ2n) is 6.40. The summed E-state index contributed by atoms with van der Waals surface area (Å²) >= 11 is 1.75. The number of hydrogen-bond acceptors (Lipinski definition) is 6. The van der Waals surface area contributed by atoms with Crippen LogP contribution in [0, 0.1) is 6.92 Å². The molecular weight excluding hydrogens is 336 g/mol. The van der Waals surface area contributed by atoms with Crippen LogP contribution in [0.25, 0.3) is 10.2 Å². The van der Waals surface area contributed by atoms with Crippen LogP contribution in [0.2, 0.25) is 0 Å². The van der Waals surface area contributed by atoms with Crippen LogP contribution >= 0.6 is 11.3 Å². The predicted molar refractivity (Wildman–Crippen MR) is 95.3 cm³/mol. The summed E-state index contributed by atoms with van der Waals surface area (Å²) in [4.78, 5) is 19.3. The summed E-state index contributed by atoms with van der Waals surface area (Å²) in [5.41, 5.74) is 1.06. The second kappa shape index (κ2) is 6.87. The van der Waals surface area contributed by atoms with Crippen molar-refractivity contribution in [2.45, 2.75) is 38.6 Å². The molecule has 1 aromatic carbocycles. The number of thiazole rings is 1. The van der Waals surface area contributed by atoms with E-state index >= 15 is 0 Å². The van der Waals surface area contributed by atoms with Gasteiger partial charge in [-0.05, 0) is 42.3 Å². The van der Waals surface area contributed by atoms with E-state index in [1.54, 1.807) is 16.0 Å². The molecule has 0 aliphatic carbocycles. The second-order valence-corrected chi connectivity index (χ2v) is 7.46. The molecule has 3 aromatic rings. The third kappa shape index (κ3) is 3.39. The summed E-state index contributed by atoms with van der Waals surface area (Å²) in [5, 5.41) is 12.5. The Kier molecular flexibility index (Phi) is 4.44. The zero-order valence-corrected chi connectivity index (χ0v) is 14.9. The third-order valence-corrected chi connectivity index (χ3v) is 5.88. The largest absolute Gasteiger partial charge is 0.342 e. The summed E-state index contributed by atoms with van der Waals surface area (Å²) in [6.07, 6.45) is 2.55. The van der Waals surface area contributed by atoms with Crippen LogP contribution in [0.15, 0.2) is 24.3 Å². The van der Waals surface area contributed by atoms with Crippen molar-refractivity contribution in [1.29, 1.82) is 0 Å². The molecule has 25 heavy (non-hydrogen) atoms. The Hall–Kier alpha value is -2.35. The Morgan fingerprint density at radius 1 is 1.36 bits per heavy atom. The van der Waals surface area contributed by atoms with Crippen molar-refractivity contribution in [3.05, 3.63) is 35.1 Å². The van der Waals surface area contributed by atoms with E-state index in [9.17, 15) is 4.79 Å². The Bertz CT molecular complexity index is 855. The minimum Gasteiger partial charge on any atom is -0.342 e. The number of benzene rings is 1. The molecule has 4 rings (SSSR count). The van der Waals surface area contributed by atoms with Gasteiger partial charge >= 0.3 is 0 Å². The molecule has 1 atom stereocenters. The van der Waals surface area contributed by atoms with Gasteiger partial charge in [0.15, 0.2) is 0 Å². The van der Waals surface area contributed by atoms with E-state index in [1.807, 2.05) is 24.0 Å². The lowest BCUT2D eigenvalue weighted by Crippen LogP contribution is -2.39. The number of amides is 1. The molecule has 2 aromatic heterocycles. The van der Waals surface area contributed by atoms with Crippen LogP contribution in [0.5, 0.6) is 0 Å². The molecule has 1 fully saturated rings. The normalized spacial score (nSPS) is 18.0. The lowest BCUT2D eigenvalue weighted by Gasteiger charge is -2.32. The molecule has 0 spiro atoms. The monoisotopic (exact) mass is 356 g/mol. The fourth-order valence-electron chi connectivity index (χ4n) is 3.29. The first kappa shape index (κ1) is 16.1. The maximum absolute atomic E-state index is 12.6. The van der Waals surface area contributed by atoms with Gasteiger partial charge in [0.2, 0.25) is 5.91 Å². The van der Waals surface area contributed by atoms with Crippen molar-refractivity contribution in [2.24, 2.45) is 0 Å². The number of likely N-dealkylation sites (tertiary alicyclic amines) is 1. The molecular formula is C17H20N6OS. The highest BCUT2D eigenvalue weighted by Gasteiger charge is 2.26. The Balaban J connectivity index is 1.41. The van der Waals surface area contributed by atoms with Gasteiger partial charge in [-0.15, -0.1) is 16.4 Å². The van der Waals surface area contributed by atoms with Crippen LogP contribution in [0.1, 0.15) is 36.0 Å². The molecule has 0 N–H and O–H groups in total. The van der Waals surface area contributed by atoms with E-state index in [-0.39, 0.29) is 5.91 Å². The van der Waals surface area contributed by atoms with E-state index < -0.39 is 0 Å². The number of piperidine rings is 1. The molecule has 8 heteroatoms. The molecule has 1 aliphatic heterocycles. The summed E-state index contributed by atoms with van der Waals surface area (Å²) in [6, 6.07) is 8.22. The minimum atomic E-state index is 0.167. The van der Waals surface area contributed by atoms with Crippen LogP contribution in [0.4, 0.5) is 0 Å². The quantitative estimate of drug-likeness (QED) is 0.717. The van der Waals surface area contributed by atoms with Gasteiger partial charge in [-0.1, -0.05) is 12.1 Å². The number of aryl methyl sites for hydroxylation is 2. The van der Waals surface area contributed by atoms with Gasteiger partial charge < -0.3 is 4.90 Å². The van der Waals surface area contributed by atoms with Crippen molar-refractivity contribution >= 4 is 27.5 Å². The van der Waals surface area contributed by atoms with E-state index in [0.717, 1.165) is 42.3 Å². The van der Waals surface area contributed by atoms with Crippen molar-refractivity contribution in [3.8, 4) is 0 Å². The molecule has 0 saturated carbocycles. The van der Waals surface area contributed by atoms with Gasteiger partial charge in [0, 0.05) is 25.4 Å². The summed E-state index contributed by atoms with van der Waals surface area (Å²) < 4.78 is 2.89. The van der Waals surface area contributed by atoms with Crippen LogP contribution in [-0.2, 0) is 11.3 Å². The number of aromatic nitrogens is 5. The molecule has 130 valence electrons. The average molecular weight is 356 g/mol. The molecule has 7 nitrogen and oxygen atoms in total. The van der Waals surface area contributed by atoms with Crippen LogP contribution < -0.4 is 0 Å². The first-order chi connectivity index (χ1) is 12.2. The third-order valence-electron chi connectivity index (χ3n) is 4.68. The summed E-state index contributed by atoms with van der Waals surface area (Å²) in [7, 11) is 0. The van der Waals surface area contributed by atoms with Gasteiger partial charge in [0.25, 0.3) is 0 Å². The Labute approximate surface area is 149 Å². The zero-order chi connectivity index (χ0) is 17.2. The molecule has 1 amide bonds. The molecule has 0 radical (unpaired) electrons. The standard InChI is InChI=1S/C17H20N6OS/c1-12-19-20-21-23(12)10-8-16(24)22-9-4-5-13(11-22)17-18-14-6-2-3-7-15(14)25-17/h2-3,6-7,13H,4-5,8-11H2,1H3. The minimum absolute atomic E-state index is 0.167. The highest BCUT2D eigenvalue weighted by Crippen LogP contribution is 2.33. The number of nitrogens with zero attached hydrogens (tertiary/aromatic N) is 6. The van der Waals surface area contributed by atoms with Gasteiger partial charge in [-0.3, -0.25) is 4.79 Å². The Morgan fingerprint density at radius 2 is 2.24 bits per heavy atom. The van der Waals surface area contributed by atoms with E-state index in [4.69, 9.17) is 4.98 Å². The molecule has 1 unspecified atom stereocenters. The summed E-state index contributed by atoms with van der Waals surface area (Å²) in [5.74, 6) is 1.24. The van der Waals surface area contributed by atoms with Crippen LogP contribution in [-0.4, -0.2) is 49.1 Å². The lowest BCUT2D eigenvalue weighted by atomic mass is 9.98. The number of tetrazole rings is 1. The Morgan fingerprint density at radius 3 is 3.04 bits per heavy atom. The van der Waals surface area contributed by atoms with Crippen molar-refractivity contribution in [1.82, 2.24) is 30.1 Å². The highest BCUT2D eigenvalue weighted by molar-refractivity contribution is 7.18. The van der Waals surface area contributed by atoms with Crippen molar-refractivity contribution in [2.75, 3.05) is 13.1 Å². The summed E-state index contributed by atoms with van der Waals surface area (Å²) in [6.45, 7) is 3.95. The number of hydrogen-bond donors (Lipinski definition) is 0. The highest BCUT2D eigenvalue weighted by atomic mass is 32.1. The van der Waals surface area contributed by atoms with E-state index in [2.05, 4.69) is 27.7 Å². The van der Waals surface area contributed by atoms with Gasteiger partial charge in [-0.25, -0.2) is 9.67 Å². The van der Waals surface area contributed by atoms with Crippen molar-refractivity contribution < 1.29 is 4.79 Å². The fourth-order valence-corrected chi connectivity index (χ4v) is 4.38. The van der Waals surface area contributed by atoms with Crippen molar-refractivity contribution in [3.63, 3.8) is 0 Å². The first-order valence-electron chi connectivity index (χ1n) is 8.57. The SMILES string of the molecule is Cc1nnnn1CCC(=O)N1CCCC(c2nc3ccccc3s2)C1. The maximum atomic E-state index is 12.6. The van der Waals surface area contributed by atoms with Gasteiger partial charge in [-0.2, -0.15) is 0 Å². The molecule has 1 saturated heterocycles. The van der Waals surface area contributed by atoms with E-state index in [1.165, 1.54) is 4.70 Å². The molecule has 0 bridgehead atoms. The average Bonchev–Trinajstić information content (AvgIpc) is 3.25.